The first-order chi connectivity index (χ1) is 6.50. The number of carbonyl (C=O) groups excluding carboxylic acids is 1. The molecule has 0 unspecified atom stereocenters. The number of nitrogens with zero attached hydrogens (tertiary/aromatic N) is 1. The summed E-state index contributed by atoms with van der Waals surface area (Å²) >= 11 is 0. The van der Waals surface area contributed by atoms with Crippen molar-refractivity contribution in [1.82, 2.24) is 4.57 Å². The van der Waals surface area contributed by atoms with E-state index in [1.54, 1.807) is 0 Å². The van der Waals surface area contributed by atoms with Crippen LogP contribution in [-0.2, 0) is 11.3 Å². The van der Waals surface area contributed by atoms with Crippen LogP contribution in [0, 0.1) is 0 Å². The summed E-state index contributed by atoms with van der Waals surface area (Å²) < 4.78 is 1.24. The van der Waals surface area contributed by atoms with Gasteiger partial charge in [0.15, 0.2) is 5.43 Å². The third-order valence-electron chi connectivity index (χ3n) is 1.55. The van der Waals surface area contributed by atoms with Crippen LogP contribution in [0.2, 0.25) is 0 Å². The van der Waals surface area contributed by atoms with Crippen LogP contribution in [0.25, 0.3) is 0 Å². The summed E-state index contributed by atoms with van der Waals surface area (Å²) in [5.41, 5.74) is 3.92. The summed E-state index contributed by atoms with van der Waals surface area (Å²) in [6.45, 7) is -0.152. The number of aromatic nitrogens is 1. The molecule has 0 aliphatic rings. The van der Waals surface area contributed by atoms with Crippen molar-refractivity contribution in [3.8, 4) is 0 Å². The number of primary amides is 1. The smallest absolute Gasteiger partial charge is 0.341 e. The molecule has 74 valence electrons. The second-order valence-corrected chi connectivity index (χ2v) is 2.67. The van der Waals surface area contributed by atoms with Crippen molar-refractivity contribution in [2.24, 2.45) is 5.73 Å². The van der Waals surface area contributed by atoms with E-state index >= 15 is 0 Å². The highest BCUT2D eigenvalue weighted by atomic mass is 16.4. The molecule has 0 aliphatic carbocycles. The first kappa shape index (κ1) is 9.97. The molecule has 0 fully saturated rings. The van der Waals surface area contributed by atoms with Crippen molar-refractivity contribution in [3.05, 3.63) is 34.2 Å². The van der Waals surface area contributed by atoms with Gasteiger partial charge < -0.3 is 15.4 Å². The maximum Gasteiger partial charge on any atom is 0.341 e. The number of nitrogens with two attached hydrogens (primary N) is 1. The van der Waals surface area contributed by atoms with Gasteiger partial charge in [0.1, 0.15) is 12.1 Å². The van der Waals surface area contributed by atoms with E-state index in [1.165, 1.54) is 10.8 Å². The van der Waals surface area contributed by atoms with Gasteiger partial charge >= 0.3 is 5.97 Å². The van der Waals surface area contributed by atoms with E-state index in [1.807, 2.05) is 0 Å². The Bertz CT molecular complexity index is 435. The summed E-state index contributed by atoms with van der Waals surface area (Å²) in [6.07, 6.45) is 2.38. The number of aromatic carboxylic acids is 1. The Balaban J connectivity index is 3.13. The molecule has 0 atom stereocenters. The normalized spacial score (nSPS) is 9.71. The second-order valence-electron chi connectivity index (χ2n) is 2.67. The number of pyridine rings is 1. The largest absolute Gasteiger partial charge is 0.477 e. The van der Waals surface area contributed by atoms with Crippen molar-refractivity contribution >= 4 is 11.9 Å². The fourth-order valence-corrected chi connectivity index (χ4v) is 0.965. The van der Waals surface area contributed by atoms with E-state index in [0.717, 1.165) is 12.3 Å². The first-order valence-electron chi connectivity index (χ1n) is 3.72. The van der Waals surface area contributed by atoms with Gasteiger partial charge in [0, 0.05) is 18.5 Å². The Morgan fingerprint density at radius 1 is 1.50 bits per heavy atom. The number of rotatable bonds is 3. The van der Waals surface area contributed by atoms with Gasteiger partial charge in [-0.2, -0.15) is 0 Å². The van der Waals surface area contributed by atoms with Crippen molar-refractivity contribution in [2.75, 3.05) is 0 Å². The molecule has 0 saturated carbocycles. The molecule has 3 N–H and O–H groups in total. The maximum absolute atomic E-state index is 11.0. The highest BCUT2D eigenvalue weighted by Gasteiger charge is 2.08. The van der Waals surface area contributed by atoms with Gasteiger partial charge in [-0.05, 0) is 0 Å². The number of carboxylic acids is 1. The monoisotopic (exact) mass is 196 g/mol. The lowest BCUT2D eigenvalue weighted by molar-refractivity contribution is -0.118. The molecular weight excluding hydrogens is 188 g/mol. The average molecular weight is 196 g/mol. The van der Waals surface area contributed by atoms with Crippen molar-refractivity contribution < 1.29 is 14.7 Å². The number of carbonyl (C=O) groups is 2. The molecule has 1 amide bonds. The molecule has 6 heteroatoms. The minimum absolute atomic E-state index is 0.152. The lowest BCUT2D eigenvalue weighted by atomic mass is 10.3. The van der Waals surface area contributed by atoms with Crippen LogP contribution in [-0.4, -0.2) is 21.6 Å². The molecule has 1 aromatic heterocycles. The zero-order chi connectivity index (χ0) is 10.7. The van der Waals surface area contributed by atoms with E-state index in [0.29, 0.717) is 0 Å². The Morgan fingerprint density at radius 3 is 2.64 bits per heavy atom. The van der Waals surface area contributed by atoms with Gasteiger partial charge in [0.2, 0.25) is 5.91 Å². The van der Waals surface area contributed by atoms with Crippen LogP contribution in [0.15, 0.2) is 23.3 Å². The van der Waals surface area contributed by atoms with Gasteiger partial charge in [-0.1, -0.05) is 0 Å². The summed E-state index contributed by atoms with van der Waals surface area (Å²) in [5, 5.41) is 8.59. The van der Waals surface area contributed by atoms with Gasteiger partial charge in [-0.15, -0.1) is 0 Å². The third-order valence-corrected chi connectivity index (χ3v) is 1.55. The average Bonchev–Trinajstić information content (AvgIpc) is 2.07. The van der Waals surface area contributed by atoms with Gasteiger partial charge in [-0.25, -0.2) is 4.79 Å². The van der Waals surface area contributed by atoms with E-state index in [9.17, 15) is 14.4 Å². The molecule has 0 aliphatic heterocycles. The van der Waals surface area contributed by atoms with Crippen molar-refractivity contribution in [1.29, 1.82) is 0 Å². The molecule has 0 saturated heterocycles. The maximum atomic E-state index is 11.0. The summed E-state index contributed by atoms with van der Waals surface area (Å²) in [6, 6.07) is 1.08. The molecule has 1 aromatic rings. The quantitative estimate of drug-likeness (QED) is 0.649. The zero-order valence-corrected chi connectivity index (χ0v) is 7.14. The molecule has 0 spiro atoms. The van der Waals surface area contributed by atoms with E-state index in [-0.39, 0.29) is 12.1 Å². The van der Waals surface area contributed by atoms with E-state index < -0.39 is 17.3 Å². The minimum Gasteiger partial charge on any atom is -0.477 e. The second kappa shape index (κ2) is 3.73. The number of carboxylic acid groups (broad SMARTS) is 1. The standard InChI is InChI=1S/C8H8N2O4/c9-7(12)4-10-2-1-6(11)5(3-10)8(13)14/h1-3H,4H2,(H2,9,12)(H,13,14). The molecule has 6 nitrogen and oxygen atoms in total. The first-order valence-corrected chi connectivity index (χ1v) is 3.72. The van der Waals surface area contributed by atoms with Crippen LogP contribution in [0.3, 0.4) is 0 Å². The number of hydrogen-bond donors (Lipinski definition) is 2. The van der Waals surface area contributed by atoms with Gasteiger partial charge in [0.25, 0.3) is 0 Å². The Kier molecular flexibility index (Phi) is 2.66. The van der Waals surface area contributed by atoms with Crippen LogP contribution in [0.4, 0.5) is 0 Å². The summed E-state index contributed by atoms with van der Waals surface area (Å²) in [4.78, 5) is 32.0. The van der Waals surface area contributed by atoms with Gasteiger partial charge in [0.05, 0.1) is 0 Å². The summed E-state index contributed by atoms with van der Waals surface area (Å²) in [7, 11) is 0. The molecule has 1 heterocycles. The molecule has 0 bridgehead atoms. The molecular formula is C8H8N2O4. The highest BCUT2D eigenvalue weighted by Crippen LogP contribution is 1.92. The number of amides is 1. The fraction of sp³-hybridized carbons (Fsp3) is 0.125. The van der Waals surface area contributed by atoms with Crippen LogP contribution in [0.1, 0.15) is 10.4 Å². The Labute approximate surface area is 78.6 Å². The lowest BCUT2D eigenvalue weighted by Crippen LogP contribution is -2.22. The number of hydrogen-bond acceptors (Lipinski definition) is 3. The molecule has 0 radical (unpaired) electrons. The van der Waals surface area contributed by atoms with Crippen LogP contribution < -0.4 is 11.2 Å². The lowest BCUT2D eigenvalue weighted by Gasteiger charge is -2.03. The third kappa shape index (κ3) is 2.19. The van der Waals surface area contributed by atoms with Gasteiger partial charge in [-0.3, -0.25) is 9.59 Å². The molecule has 0 aromatic carbocycles. The van der Waals surface area contributed by atoms with E-state index in [2.05, 4.69) is 0 Å². The van der Waals surface area contributed by atoms with Crippen LogP contribution in [0.5, 0.6) is 0 Å². The highest BCUT2D eigenvalue weighted by molar-refractivity contribution is 5.87. The van der Waals surface area contributed by atoms with Crippen molar-refractivity contribution in [2.45, 2.75) is 6.54 Å². The SMILES string of the molecule is NC(=O)Cn1ccc(=O)c(C(=O)O)c1. The topological polar surface area (TPSA) is 102 Å². The fourth-order valence-electron chi connectivity index (χ4n) is 0.965. The zero-order valence-electron chi connectivity index (χ0n) is 7.14. The predicted molar refractivity (Wildman–Crippen MR) is 46.9 cm³/mol. The molecule has 1 rings (SSSR count). The Hall–Kier alpha value is -2.11. The minimum atomic E-state index is -1.33. The molecule has 14 heavy (non-hydrogen) atoms. The Morgan fingerprint density at radius 2 is 2.14 bits per heavy atom. The van der Waals surface area contributed by atoms with E-state index in [4.69, 9.17) is 10.8 Å². The van der Waals surface area contributed by atoms with Crippen molar-refractivity contribution in [3.63, 3.8) is 0 Å². The predicted octanol–water partition coefficient (Wildman–Crippen LogP) is -0.968. The summed E-state index contributed by atoms with van der Waals surface area (Å²) in [5.74, 6) is -1.93. The van der Waals surface area contributed by atoms with Crippen LogP contribution >= 0.6 is 0 Å².